The summed E-state index contributed by atoms with van der Waals surface area (Å²) in [6, 6.07) is 0. The monoisotopic (exact) mass is 250 g/mol. The van der Waals surface area contributed by atoms with Crippen LogP contribution in [0.2, 0.25) is 0 Å². The summed E-state index contributed by atoms with van der Waals surface area (Å²) in [4.78, 5) is 0. The molecule has 0 bridgehead atoms. The smallest absolute Gasteiger partial charge is 0.213 e. The second-order valence-corrected chi connectivity index (χ2v) is 6.49. The van der Waals surface area contributed by atoms with Crippen molar-refractivity contribution < 1.29 is 13.2 Å². The average molecular weight is 250 g/mol. The Hall–Kier alpha value is -0.170. The third kappa shape index (κ3) is 5.25. The average Bonchev–Trinajstić information content (AvgIpc) is 3.05. The highest BCUT2D eigenvalue weighted by Gasteiger charge is 2.21. The molecule has 0 radical (unpaired) electrons. The van der Waals surface area contributed by atoms with Gasteiger partial charge >= 0.3 is 0 Å². The summed E-state index contributed by atoms with van der Waals surface area (Å²) < 4.78 is 30.0. The van der Waals surface area contributed by atoms with Crippen LogP contribution in [0.15, 0.2) is 0 Å². The van der Waals surface area contributed by atoms with E-state index >= 15 is 0 Å². The van der Waals surface area contributed by atoms with E-state index in [0.29, 0.717) is 26.1 Å². The first kappa shape index (κ1) is 13.9. The molecule has 0 atom stereocenters. The number of rotatable bonds is 9. The number of likely N-dealkylation sites (N-methyl/N-ethyl adjacent to an activating group) is 1. The van der Waals surface area contributed by atoms with Crippen molar-refractivity contribution >= 4 is 10.0 Å². The molecule has 1 aliphatic rings. The molecular formula is C10H22N2O3S. The highest BCUT2D eigenvalue weighted by atomic mass is 32.2. The van der Waals surface area contributed by atoms with Crippen LogP contribution in [0, 0.1) is 5.92 Å². The van der Waals surface area contributed by atoms with Crippen molar-refractivity contribution in [1.29, 1.82) is 0 Å². The molecule has 5 nitrogen and oxygen atoms in total. The second kappa shape index (κ2) is 6.54. The first-order chi connectivity index (χ1) is 7.56. The van der Waals surface area contributed by atoms with Crippen LogP contribution in [0.1, 0.15) is 19.3 Å². The van der Waals surface area contributed by atoms with Gasteiger partial charge < -0.3 is 10.5 Å². The van der Waals surface area contributed by atoms with Crippen molar-refractivity contribution in [2.75, 3.05) is 39.1 Å². The molecule has 0 spiro atoms. The number of ether oxygens (including phenoxy) is 1. The Kier molecular flexibility index (Phi) is 5.68. The van der Waals surface area contributed by atoms with Gasteiger partial charge in [0.2, 0.25) is 10.0 Å². The normalized spacial score (nSPS) is 16.9. The minimum absolute atomic E-state index is 0.128. The highest BCUT2D eigenvalue weighted by Crippen LogP contribution is 2.28. The van der Waals surface area contributed by atoms with Gasteiger partial charge in [-0.05, 0) is 31.7 Å². The third-order valence-electron chi connectivity index (χ3n) is 2.68. The zero-order chi connectivity index (χ0) is 12.0. The lowest BCUT2D eigenvalue weighted by molar-refractivity contribution is 0.117. The lowest BCUT2D eigenvalue weighted by Gasteiger charge is -2.16. The molecule has 0 heterocycles. The van der Waals surface area contributed by atoms with Crippen LogP contribution in [0.4, 0.5) is 0 Å². The lowest BCUT2D eigenvalue weighted by atomic mass is 10.5. The molecular weight excluding hydrogens is 228 g/mol. The molecule has 0 aromatic rings. The number of nitrogens with two attached hydrogens (primary N) is 1. The number of nitrogens with zero attached hydrogens (tertiary/aromatic N) is 1. The maximum atomic E-state index is 11.6. The maximum absolute atomic E-state index is 11.6. The summed E-state index contributed by atoms with van der Waals surface area (Å²) in [6.45, 7) is 2.09. The van der Waals surface area contributed by atoms with Gasteiger partial charge in [0.25, 0.3) is 0 Å². The molecule has 16 heavy (non-hydrogen) atoms. The van der Waals surface area contributed by atoms with Crippen LogP contribution < -0.4 is 5.73 Å². The molecule has 6 heteroatoms. The molecule has 0 unspecified atom stereocenters. The topological polar surface area (TPSA) is 72.6 Å². The standard InChI is InChI=1S/C10H22N2O3S/c1-12(16(13,14)8-2-5-11)6-7-15-9-10-3-4-10/h10H,2-9,11H2,1H3. The fraction of sp³-hybridized carbons (Fsp3) is 1.00. The molecule has 0 aromatic heterocycles. The Morgan fingerprint density at radius 3 is 2.69 bits per heavy atom. The Balaban J connectivity index is 2.13. The summed E-state index contributed by atoms with van der Waals surface area (Å²) in [5.41, 5.74) is 5.29. The zero-order valence-electron chi connectivity index (χ0n) is 9.89. The maximum Gasteiger partial charge on any atom is 0.213 e. The van der Waals surface area contributed by atoms with Crippen molar-refractivity contribution in [3.05, 3.63) is 0 Å². The van der Waals surface area contributed by atoms with Crippen molar-refractivity contribution in [3.8, 4) is 0 Å². The number of sulfonamides is 1. The van der Waals surface area contributed by atoms with Crippen LogP contribution >= 0.6 is 0 Å². The summed E-state index contributed by atoms with van der Waals surface area (Å²) in [7, 11) is -1.54. The Morgan fingerprint density at radius 1 is 1.44 bits per heavy atom. The van der Waals surface area contributed by atoms with Gasteiger partial charge in [-0.2, -0.15) is 0 Å². The van der Waals surface area contributed by atoms with Crippen molar-refractivity contribution in [3.63, 3.8) is 0 Å². The molecule has 0 saturated heterocycles. The summed E-state index contributed by atoms with van der Waals surface area (Å²) >= 11 is 0. The lowest BCUT2D eigenvalue weighted by Crippen LogP contribution is -2.33. The van der Waals surface area contributed by atoms with Gasteiger partial charge in [0.1, 0.15) is 0 Å². The fourth-order valence-corrected chi connectivity index (χ4v) is 2.48. The van der Waals surface area contributed by atoms with Gasteiger partial charge in [0, 0.05) is 20.2 Å². The molecule has 1 fully saturated rings. The largest absolute Gasteiger partial charge is 0.380 e. The van der Waals surface area contributed by atoms with E-state index in [0.717, 1.165) is 12.5 Å². The van der Waals surface area contributed by atoms with E-state index < -0.39 is 10.0 Å². The second-order valence-electron chi connectivity index (χ2n) is 4.30. The van der Waals surface area contributed by atoms with Gasteiger partial charge in [-0.1, -0.05) is 0 Å². The minimum atomic E-state index is -3.13. The molecule has 96 valence electrons. The van der Waals surface area contributed by atoms with Gasteiger partial charge in [-0.15, -0.1) is 0 Å². The molecule has 0 aromatic carbocycles. The van der Waals surface area contributed by atoms with Crippen molar-refractivity contribution in [2.45, 2.75) is 19.3 Å². The molecule has 1 saturated carbocycles. The van der Waals surface area contributed by atoms with Crippen LogP contribution in [0.3, 0.4) is 0 Å². The van der Waals surface area contributed by atoms with E-state index in [1.165, 1.54) is 17.1 Å². The van der Waals surface area contributed by atoms with Crippen LogP contribution in [0.5, 0.6) is 0 Å². The van der Waals surface area contributed by atoms with E-state index in [9.17, 15) is 8.42 Å². The Bertz CT molecular complexity index is 288. The first-order valence-corrected chi connectivity index (χ1v) is 7.39. The van der Waals surface area contributed by atoms with Crippen LogP contribution in [0.25, 0.3) is 0 Å². The molecule has 1 rings (SSSR count). The van der Waals surface area contributed by atoms with Crippen LogP contribution in [-0.2, 0) is 14.8 Å². The molecule has 2 N–H and O–H groups in total. The van der Waals surface area contributed by atoms with Gasteiger partial charge in [-0.25, -0.2) is 12.7 Å². The minimum Gasteiger partial charge on any atom is -0.380 e. The molecule has 1 aliphatic carbocycles. The summed E-state index contributed by atoms with van der Waals surface area (Å²) in [5.74, 6) is 0.849. The van der Waals surface area contributed by atoms with Gasteiger partial charge in [0.05, 0.1) is 12.4 Å². The summed E-state index contributed by atoms with van der Waals surface area (Å²) in [5, 5.41) is 0. The van der Waals surface area contributed by atoms with Crippen LogP contribution in [-0.4, -0.2) is 51.8 Å². The van der Waals surface area contributed by atoms with E-state index in [4.69, 9.17) is 10.5 Å². The number of hydrogen-bond donors (Lipinski definition) is 1. The molecule has 0 aliphatic heterocycles. The zero-order valence-corrected chi connectivity index (χ0v) is 10.7. The predicted molar refractivity (Wildman–Crippen MR) is 63.6 cm³/mol. The number of hydrogen-bond acceptors (Lipinski definition) is 4. The fourth-order valence-electron chi connectivity index (χ4n) is 1.29. The SMILES string of the molecule is CN(CCOCC1CC1)S(=O)(=O)CCCN. The third-order valence-corrected chi connectivity index (χ3v) is 4.62. The predicted octanol–water partition coefficient (Wildman–Crippen LogP) is 0.0234. The Labute approximate surface area is 98.0 Å². The quantitative estimate of drug-likeness (QED) is 0.586. The molecule has 0 amide bonds. The first-order valence-electron chi connectivity index (χ1n) is 5.78. The summed E-state index contributed by atoms with van der Waals surface area (Å²) in [6.07, 6.45) is 3.02. The van der Waals surface area contributed by atoms with Crippen molar-refractivity contribution in [1.82, 2.24) is 4.31 Å². The highest BCUT2D eigenvalue weighted by molar-refractivity contribution is 7.89. The van der Waals surface area contributed by atoms with E-state index in [-0.39, 0.29) is 5.75 Å². The van der Waals surface area contributed by atoms with E-state index in [1.807, 2.05) is 0 Å². The van der Waals surface area contributed by atoms with Crippen molar-refractivity contribution in [2.24, 2.45) is 11.7 Å². The Morgan fingerprint density at radius 2 is 2.12 bits per heavy atom. The van der Waals surface area contributed by atoms with Gasteiger partial charge in [0.15, 0.2) is 0 Å². The van der Waals surface area contributed by atoms with E-state index in [2.05, 4.69) is 0 Å². The van der Waals surface area contributed by atoms with Gasteiger partial charge in [-0.3, -0.25) is 0 Å². The van der Waals surface area contributed by atoms with E-state index in [1.54, 1.807) is 7.05 Å².